The van der Waals surface area contributed by atoms with Crippen molar-refractivity contribution in [3.05, 3.63) is 47.2 Å². The van der Waals surface area contributed by atoms with E-state index in [1.54, 1.807) is 17.5 Å². The Bertz CT molecular complexity index is 672. The minimum Gasteiger partial charge on any atom is -0.352 e. The van der Waals surface area contributed by atoms with E-state index >= 15 is 0 Å². The lowest BCUT2D eigenvalue weighted by Crippen LogP contribution is -2.24. The molecule has 102 valence electrons. The fraction of sp³-hybridized carbons (Fsp3) is 0.214. The van der Waals surface area contributed by atoms with Crippen molar-refractivity contribution >= 4 is 27.5 Å². The number of nitrogens with one attached hydrogen (secondary N) is 2. The van der Waals surface area contributed by atoms with Crippen LogP contribution in [0, 0.1) is 0 Å². The van der Waals surface area contributed by atoms with Crippen LogP contribution in [0.3, 0.4) is 0 Å². The quantitative estimate of drug-likeness (QED) is 0.707. The number of aryl methyl sites for hydroxylation is 1. The summed E-state index contributed by atoms with van der Waals surface area (Å²) in [6.45, 7) is 0.639. The van der Waals surface area contributed by atoms with Crippen molar-refractivity contribution in [3.63, 3.8) is 0 Å². The fourth-order valence-electron chi connectivity index (χ4n) is 1.95. The first-order chi connectivity index (χ1) is 9.83. The van der Waals surface area contributed by atoms with Gasteiger partial charge in [-0.1, -0.05) is 12.1 Å². The van der Waals surface area contributed by atoms with Crippen molar-refractivity contribution in [1.29, 1.82) is 0 Å². The van der Waals surface area contributed by atoms with Gasteiger partial charge in [-0.05, 0) is 18.6 Å². The summed E-state index contributed by atoms with van der Waals surface area (Å²) in [5.41, 5.74) is 1.61. The molecule has 0 unspecified atom stereocenters. The number of nitrogens with zero attached hydrogens (tertiary/aromatic N) is 2. The van der Waals surface area contributed by atoms with Gasteiger partial charge in [0.2, 0.25) is 0 Å². The lowest BCUT2D eigenvalue weighted by Gasteiger charge is -2.01. The van der Waals surface area contributed by atoms with Crippen LogP contribution in [0.25, 0.3) is 10.2 Å². The molecule has 0 radical (unpaired) electrons. The molecule has 3 aromatic rings. The molecule has 0 fully saturated rings. The SMILES string of the molecule is O=C(NCCCc1nc2ccccc2s1)c1cn[nH]c1. The molecule has 2 N–H and O–H groups in total. The van der Waals surface area contributed by atoms with E-state index in [0.29, 0.717) is 12.1 Å². The van der Waals surface area contributed by atoms with E-state index in [2.05, 4.69) is 26.6 Å². The zero-order valence-corrected chi connectivity index (χ0v) is 11.6. The van der Waals surface area contributed by atoms with Crippen LogP contribution in [0.2, 0.25) is 0 Å². The molecule has 5 nitrogen and oxygen atoms in total. The van der Waals surface area contributed by atoms with Crippen molar-refractivity contribution in [1.82, 2.24) is 20.5 Å². The summed E-state index contributed by atoms with van der Waals surface area (Å²) in [5, 5.41) is 10.4. The van der Waals surface area contributed by atoms with Crippen molar-refractivity contribution < 1.29 is 4.79 Å². The summed E-state index contributed by atoms with van der Waals surface area (Å²) in [6.07, 6.45) is 4.86. The van der Waals surface area contributed by atoms with Crippen molar-refractivity contribution in [2.45, 2.75) is 12.8 Å². The normalized spacial score (nSPS) is 10.8. The average molecular weight is 286 g/mol. The minimum atomic E-state index is -0.0944. The van der Waals surface area contributed by atoms with Crippen LogP contribution in [-0.4, -0.2) is 27.6 Å². The number of carbonyl (C=O) groups is 1. The Balaban J connectivity index is 1.49. The lowest BCUT2D eigenvalue weighted by atomic mass is 10.3. The highest BCUT2D eigenvalue weighted by molar-refractivity contribution is 7.18. The van der Waals surface area contributed by atoms with Crippen molar-refractivity contribution in [2.24, 2.45) is 0 Å². The molecule has 0 aliphatic heterocycles. The third kappa shape index (κ3) is 2.85. The number of amides is 1. The second kappa shape index (κ2) is 5.83. The summed E-state index contributed by atoms with van der Waals surface area (Å²) >= 11 is 1.72. The molecule has 0 bridgehead atoms. The predicted molar refractivity (Wildman–Crippen MR) is 78.9 cm³/mol. The van der Waals surface area contributed by atoms with Crippen molar-refractivity contribution in [2.75, 3.05) is 6.54 Å². The van der Waals surface area contributed by atoms with Crippen LogP contribution in [0.5, 0.6) is 0 Å². The molecule has 20 heavy (non-hydrogen) atoms. The second-order valence-corrected chi connectivity index (χ2v) is 5.54. The van der Waals surface area contributed by atoms with Gasteiger partial charge in [0.25, 0.3) is 5.91 Å². The first-order valence-corrected chi connectivity index (χ1v) is 7.26. The number of aromatic nitrogens is 3. The third-order valence-corrected chi connectivity index (χ3v) is 4.05. The first kappa shape index (κ1) is 12.8. The Morgan fingerprint density at radius 2 is 2.25 bits per heavy atom. The summed E-state index contributed by atoms with van der Waals surface area (Å²) in [4.78, 5) is 16.2. The largest absolute Gasteiger partial charge is 0.352 e. The predicted octanol–water partition coefficient (Wildman–Crippen LogP) is 2.38. The summed E-state index contributed by atoms with van der Waals surface area (Å²) in [5.74, 6) is -0.0944. The summed E-state index contributed by atoms with van der Waals surface area (Å²) in [7, 11) is 0. The molecule has 6 heteroatoms. The Morgan fingerprint density at radius 1 is 1.35 bits per heavy atom. The Labute approximate surface area is 120 Å². The van der Waals surface area contributed by atoms with E-state index < -0.39 is 0 Å². The van der Waals surface area contributed by atoms with E-state index in [0.717, 1.165) is 23.4 Å². The molecule has 0 spiro atoms. The highest BCUT2D eigenvalue weighted by Gasteiger charge is 2.06. The number of H-pyrrole nitrogens is 1. The van der Waals surface area contributed by atoms with Gasteiger partial charge in [0.1, 0.15) is 0 Å². The number of hydrogen-bond acceptors (Lipinski definition) is 4. The second-order valence-electron chi connectivity index (χ2n) is 4.42. The van der Waals surface area contributed by atoms with E-state index in [1.165, 1.54) is 10.9 Å². The van der Waals surface area contributed by atoms with Crippen LogP contribution >= 0.6 is 11.3 Å². The van der Waals surface area contributed by atoms with Crippen molar-refractivity contribution in [3.8, 4) is 0 Å². The zero-order chi connectivity index (χ0) is 13.8. The Morgan fingerprint density at radius 3 is 3.05 bits per heavy atom. The molecule has 3 rings (SSSR count). The summed E-state index contributed by atoms with van der Waals surface area (Å²) in [6, 6.07) is 8.12. The number of benzene rings is 1. The standard InChI is InChI=1S/C14H14N4OS/c19-14(10-8-16-17-9-10)15-7-3-6-13-18-11-4-1-2-5-12(11)20-13/h1-2,4-5,8-9H,3,6-7H2,(H,15,19)(H,16,17). The van der Waals surface area contributed by atoms with Gasteiger partial charge in [0.15, 0.2) is 0 Å². The van der Waals surface area contributed by atoms with E-state index in [4.69, 9.17) is 0 Å². The van der Waals surface area contributed by atoms with Gasteiger partial charge < -0.3 is 5.32 Å². The van der Waals surface area contributed by atoms with Crippen LogP contribution in [0.15, 0.2) is 36.7 Å². The number of para-hydroxylation sites is 1. The van der Waals surface area contributed by atoms with Gasteiger partial charge in [-0.2, -0.15) is 5.10 Å². The molecule has 0 aliphatic carbocycles. The molecular weight excluding hydrogens is 272 g/mol. The number of carbonyl (C=O) groups excluding carboxylic acids is 1. The zero-order valence-electron chi connectivity index (χ0n) is 10.8. The first-order valence-electron chi connectivity index (χ1n) is 6.44. The topological polar surface area (TPSA) is 70.7 Å². The molecule has 1 aromatic carbocycles. The highest BCUT2D eigenvalue weighted by atomic mass is 32.1. The van der Waals surface area contributed by atoms with Crippen LogP contribution in [0.1, 0.15) is 21.8 Å². The molecule has 0 atom stereocenters. The van der Waals surface area contributed by atoms with E-state index in [-0.39, 0.29) is 5.91 Å². The third-order valence-electron chi connectivity index (χ3n) is 2.95. The van der Waals surface area contributed by atoms with Crippen LogP contribution < -0.4 is 5.32 Å². The van der Waals surface area contributed by atoms with Crippen LogP contribution in [0.4, 0.5) is 0 Å². The average Bonchev–Trinajstić information content (AvgIpc) is 3.11. The molecule has 0 aliphatic rings. The number of hydrogen-bond donors (Lipinski definition) is 2. The monoisotopic (exact) mass is 286 g/mol. The number of fused-ring (bicyclic) bond motifs is 1. The maximum atomic E-state index is 11.7. The van der Waals surface area contributed by atoms with Gasteiger partial charge in [-0.3, -0.25) is 9.89 Å². The fourth-order valence-corrected chi connectivity index (χ4v) is 2.95. The molecular formula is C14H14N4OS. The van der Waals surface area contributed by atoms with E-state index in [1.807, 2.05) is 18.2 Å². The Kier molecular flexibility index (Phi) is 3.73. The smallest absolute Gasteiger partial charge is 0.254 e. The molecule has 2 heterocycles. The van der Waals surface area contributed by atoms with Gasteiger partial charge in [0.05, 0.1) is 27.0 Å². The maximum absolute atomic E-state index is 11.7. The minimum absolute atomic E-state index is 0.0944. The molecule has 2 aromatic heterocycles. The highest BCUT2D eigenvalue weighted by Crippen LogP contribution is 2.22. The van der Waals surface area contributed by atoms with Gasteiger partial charge in [-0.15, -0.1) is 11.3 Å². The van der Waals surface area contributed by atoms with Crippen LogP contribution in [-0.2, 0) is 6.42 Å². The van der Waals surface area contributed by atoms with E-state index in [9.17, 15) is 4.79 Å². The number of thiazole rings is 1. The number of rotatable bonds is 5. The van der Waals surface area contributed by atoms with Gasteiger partial charge in [-0.25, -0.2) is 4.98 Å². The van der Waals surface area contributed by atoms with Gasteiger partial charge >= 0.3 is 0 Å². The number of aromatic amines is 1. The summed E-state index contributed by atoms with van der Waals surface area (Å²) < 4.78 is 1.21. The Hall–Kier alpha value is -2.21. The molecule has 0 saturated heterocycles. The molecule has 0 saturated carbocycles. The maximum Gasteiger partial charge on any atom is 0.254 e. The lowest BCUT2D eigenvalue weighted by molar-refractivity contribution is 0.0953. The molecule has 1 amide bonds. The van der Waals surface area contributed by atoms with Gasteiger partial charge in [0, 0.05) is 19.2 Å².